The van der Waals surface area contributed by atoms with E-state index in [9.17, 15) is 0 Å². The van der Waals surface area contributed by atoms with Crippen molar-refractivity contribution in [2.45, 2.75) is 26.8 Å². The summed E-state index contributed by atoms with van der Waals surface area (Å²) in [4.78, 5) is 0. The Hall–Kier alpha value is -0.860. The lowest BCUT2D eigenvalue weighted by Gasteiger charge is -2.15. The van der Waals surface area contributed by atoms with E-state index in [0.717, 1.165) is 13.2 Å². The highest BCUT2D eigenvalue weighted by Crippen LogP contribution is 2.16. The molecule has 0 heterocycles. The summed E-state index contributed by atoms with van der Waals surface area (Å²) in [7, 11) is 1.73. The van der Waals surface area contributed by atoms with Crippen LogP contribution in [0.3, 0.4) is 0 Å². The number of ether oxygens (including phenoxy) is 1. The minimum Gasteiger partial charge on any atom is -0.383 e. The molecular weight excluding hydrogens is 186 g/mol. The summed E-state index contributed by atoms with van der Waals surface area (Å²) >= 11 is 0. The number of hydrogen-bond acceptors (Lipinski definition) is 2. The molecule has 1 aromatic rings. The van der Waals surface area contributed by atoms with Gasteiger partial charge in [-0.25, -0.2) is 0 Å². The molecule has 2 heteroatoms. The van der Waals surface area contributed by atoms with E-state index in [1.54, 1.807) is 7.11 Å². The second kappa shape index (κ2) is 5.89. The van der Waals surface area contributed by atoms with Gasteiger partial charge in [-0.15, -0.1) is 0 Å². The molecule has 1 aromatic carbocycles. The monoisotopic (exact) mass is 207 g/mol. The Morgan fingerprint density at radius 3 is 2.33 bits per heavy atom. The summed E-state index contributed by atoms with van der Waals surface area (Å²) < 4.78 is 5.01. The lowest BCUT2D eigenvalue weighted by molar-refractivity contribution is 0.196. The molecule has 1 atom stereocenters. The molecule has 2 nitrogen and oxygen atoms in total. The van der Waals surface area contributed by atoms with Gasteiger partial charge in [-0.2, -0.15) is 0 Å². The molecule has 0 aliphatic carbocycles. The van der Waals surface area contributed by atoms with E-state index in [1.165, 1.54) is 16.7 Å². The van der Waals surface area contributed by atoms with E-state index in [-0.39, 0.29) is 0 Å². The third-order valence-electron chi connectivity index (χ3n) is 2.50. The number of rotatable bonds is 5. The Morgan fingerprint density at radius 2 is 1.80 bits per heavy atom. The maximum absolute atomic E-state index is 5.01. The zero-order valence-electron chi connectivity index (χ0n) is 10.1. The second-order valence-corrected chi connectivity index (χ2v) is 4.09. The van der Waals surface area contributed by atoms with E-state index in [1.807, 2.05) is 0 Å². The van der Waals surface area contributed by atoms with E-state index in [4.69, 9.17) is 4.74 Å². The predicted octanol–water partition coefficient (Wildman–Crippen LogP) is 2.60. The second-order valence-electron chi connectivity index (χ2n) is 4.09. The van der Waals surface area contributed by atoms with Gasteiger partial charge in [-0.1, -0.05) is 29.3 Å². The van der Waals surface area contributed by atoms with E-state index in [0.29, 0.717) is 6.04 Å². The standard InChI is InChI=1S/C13H21NO/c1-10-7-11(2)9-13(8-10)12(3)14-5-6-15-4/h7-9,12,14H,5-6H2,1-4H3/t12-/m1/s1. The van der Waals surface area contributed by atoms with Crippen LogP contribution in [0.4, 0.5) is 0 Å². The Balaban J connectivity index is 2.60. The number of nitrogens with one attached hydrogen (secondary N) is 1. The van der Waals surface area contributed by atoms with Crippen LogP contribution in [0.25, 0.3) is 0 Å². The van der Waals surface area contributed by atoms with Crippen LogP contribution in [0, 0.1) is 13.8 Å². The predicted molar refractivity (Wildman–Crippen MR) is 64.2 cm³/mol. The highest BCUT2D eigenvalue weighted by molar-refractivity contribution is 5.30. The third-order valence-corrected chi connectivity index (χ3v) is 2.50. The molecule has 84 valence electrons. The number of aryl methyl sites for hydroxylation is 2. The van der Waals surface area contributed by atoms with Crippen molar-refractivity contribution in [3.05, 3.63) is 34.9 Å². The van der Waals surface area contributed by atoms with E-state index < -0.39 is 0 Å². The van der Waals surface area contributed by atoms with Crippen molar-refractivity contribution in [2.75, 3.05) is 20.3 Å². The molecule has 0 amide bonds. The van der Waals surface area contributed by atoms with Gasteiger partial charge in [-0.05, 0) is 26.3 Å². The molecule has 0 bridgehead atoms. The number of benzene rings is 1. The summed E-state index contributed by atoms with van der Waals surface area (Å²) in [5.74, 6) is 0. The van der Waals surface area contributed by atoms with Crippen LogP contribution in [0.1, 0.15) is 29.7 Å². The average Bonchev–Trinajstić information content (AvgIpc) is 2.16. The van der Waals surface area contributed by atoms with Crippen LogP contribution in [0.2, 0.25) is 0 Å². The highest BCUT2D eigenvalue weighted by atomic mass is 16.5. The first-order chi connectivity index (χ1) is 7.13. The Morgan fingerprint density at radius 1 is 1.20 bits per heavy atom. The van der Waals surface area contributed by atoms with Gasteiger partial charge in [0.2, 0.25) is 0 Å². The third kappa shape index (κ3) is 4.02. The maximum atomic E-state index is 5.01. The first kappa shape index (κ1) is 12.2. The van der Waals surface area contributed by atoms with Gasteiger partial charge in [0, 0.05) is 19.7 Å². The van der Waals surface area contributed by atoms with E-state index in [2.05, 4.69) is 44.3 Å². The average molecular weight is 207 g/mol. The zero-order valence-corrected chi connectivity index (χ0v) is 10.1. The van der Waals surface area contributed by atoms with Crippen molar-refractivity contribution in [3.63, 3.8) is 0 Å². The molecule has 0 saturated heterocycles. The summed E-state index contributed by atoms with van der Waals surface area (Å²) in [6.07, 6.45) is 0. The molecule has 0 radical (unpaired) electrons. The van der Waals surface area contributed by atoms with Gasteiger partial charge in [0.05, 0.1) is 6.61 Å². The fraction of sp³-hybridized carbons (Fsp3) is 0.538. The van der Waals surface area contributed by atoms with Crippen molar-refractivity contribution in [2.24, 2.45) is 0 Å². The molecule has 0 saturated carbocycles. The fourth-order valence-corrected chi connectivity index (χ4v) is 1.76. The fourth-order valence-electron chi connectivity index (χ4n) is 1.76. The summed E-state index contributed by atoms with van der Waals surface area (Å²) in [6, 6.07) is 7.05. The highest BCUT2D eigenvalue weighted by Gasteiger charge is 2.04. The largest absolute Gasteiger partial charge is 0.383 e. The normalized spacial score (nSPS) is 12.8. The molecule has 0 aromatic heterocycles. The molecule has 0 fully saturated rings. The molecule has 15 heavy (non-hydrogen) atoms. The van der Waals surface area contributed by atoms with Crippen LogP contribution in [0.5, 0.6) is 0 Å². The smallest absolute Gasteiger partial charge is 0.0587 e. The van der Waals surface area contributed by atoms with Gasteiger partial charge in [0.25, 0.3) is 0 Å². The van der Waals surface area contributed by atoms with Crippen molar-refractivity contribution in [3.8, 4) is 0 Å². The summed E-state index contributed by atoms with van der Waals surface area (Å²) in [6.45, 7) is 8.11. The molecule has 0 unspecified atom stereocenters. The van der Waals surface area contributed by atoms with Crippen LogP contribution in [-0.2, 0) is 4.74 Å². The summed E-state index contributed by atoms with van der Waals surface area (Å²) in [5, 5.41) is 3.43. The minimum atomic E-state index is 0.388. The van der Waals surface area contributed by atoms with Gasteiger partial charge < -0.3 is 10.1 Å². The SMILES string of the molecule is COCCN[C@H](C)c1cc(C)cc(C)c1. The Labute approximate surface area is 92.6 Å². The van der Waals surface area contributed by atoms with Crippen LogP contribution >= 0.6 is 0 Å². The molecule has 0 spiro atoms. The lowest BCUT2D eigenvalue weighted by atomic mass is 10.0. The van der Waals surface area contributed by atoms with Crippen molar-refractivity contribution < 1.29 is 4.74 Å². The molecule has 0 aliphatic rings. The topological polar surface area (TPSA) is 21.3 Å². The molecule has 1 N–H and O–H groups in total. The molecular formula is C13H21NO. The number of methoxy groups -OCH3 is 1. The Kier molecular flexibility index (Phi) is 4.79. The first-order valence-corrected chi connectivity index (χ1v) is 5.44. The zero-order chi connectivity index (χ0) is 11.3. The van der Waals surface area contributed by atoms with Gasteiger partial charge in [-0.3, -0.25) is 0 Å². The van der Waals surface area contributed by atoms with Crippen molar-refractivity contribution >= 4 is 0 Å². The van der Waals surface area contributed by atoms with Gasteiger partial charge in [0.15, 0.2) is 0 Å². The van der Waals surface area contributed by atoms with Crippen LogP contribution in [-0.4, -0.2) is 20.3 Å². The summed E-state index contributed by atoms with van der Waals surface area (Å²) in [5.41, 5.74) is 4.00. The lowest BCUT2D eigenvalue weighted by Crippen LogP contribution is -2.22. The van der Waals surface area contributed by atoms with E-state index >= 15 is 0 Å². The van der Waals surface area contributed by atoms with Gasteiger partial charge >= 0.3 is 0 Å². The number of hydrogen-bond donors (Lipinski definition) is 1. The quantitative estimate of drug-likeness (QED) is 0.749. The molecule has 1 rings (SSSR count). The Bertz CT molecular complexity index is 289. The molecule has 0 aliphatic heterocycles. The van der Waals surface area contributed by atoms with Crippen molar-refractivity contribution in [1.82, 2.24) is 5.32 Å². The van der Waals surface area contributed by atoms with Crippen molar-refractivity contribution in [1.29, 1.82) is 0 Å². The van der Waals surface area contributed by atoms with Gasteiger partial charge in [0.1, 0.15) is 0 Å². The maximum Gasteiger partial charge on any atom is 0.0587 e. The van der Waals surface area contributed by atoms with Crippen LogP contribution < -0.4 is 5.32 Å². The van der Waals surface area contributed by atoms with Crippen LogP contribution in [0.15, 0.2) is 18.2 Å². The first-order valence-electron chi connectivity index (χ1n) is 5.44. The minimum absolute atomic E-state index is 0.388.